The van der Waals surface area contributed by atoms with Gasteiger partial charge in [0.1, 0.15) is 11.5 Å². The van der Waals surface area contributed by atoms with E-state index in [0.29, 0.717) is 17.6 Å². The minimum Gasteiger partial charge on any atom is -0.457 e. The zero-order valence-electron chi connectivity index (χ0n) is 13.7. The topological polar surface area (TPSA) is 43.4 Å². The molecular formula is C17H20F4O3. The van der Waals surface area contributed by atoms with E-state index < -0.39 is 41.7 Å². The average Bonchev–Trinajstić information content (AvgIpc) is 2.90. The summed E-state index contributed by atoms with van der Waals surface area (Å²) in [5.74, 6) is -2.91. The zero-order valence-corrected chi connectivity index (χ0v) is 13.7. The van der Waals surface area contributed by atoms with Crippen molar-refractivity contribution in [2.45, 2.75) is 52.6 Å². The second-order valence-corrected chi connectivity index (χ2v) is 6.90. The van der Waals surface area contributed by atoms with Crippen molar-refractivity contribution >= 4 is 11.8 Å². The van der Waals surface area contributed by atoms with Crippen LogP contribution in [0.1, 0.15) is 33.6 Å². The molecule has 2 aliphatic carbocycles. The van der Waals surface area contributed by atoms with Crippen LogP contribution in [0, 0.1) is 16.7 Å². The summed E-state index contributed by atoms with van der Waals surface area (Å²) in [5.41, 5.74) is -3.29. The zero-order chi connectivity index (χ0) is 18.4. The van der Waals surface area contributed by atoms with E-state index in [9.17, 15) is 27.2 Å². The quantitative estimate of drug-likeness (QED) is 0.415. The van der Waals surface area contributed by atoms with Crippen LogP contribution in [0.3, 0.4) is 0 Å². The van der Waals surface area contributed by atoms with Gasteiger partial charge in [-0.25, -0.2) is 17.6 Å². The van der Waals surface area contributed by atoms with Gasteiger partial charge in [0.05, 0.1) is 12.3 Å². The SMILES string of the molecule is C=CCC1=C(C)C(OC(=O)C2C(C)(C)C2(C(F)F)C(F)F)CC1=O. The molecule has 0 N–H and O–H groups in total. The van der Waals surface area contributed by atoms with Crippen molar-refractivity contribution in [3.05, 3.63) is 23.8 Å². The highest BCUT2D eigenvalue weighted by Crippen LogP contribution is 2.74. The molecule has 3 nitrogen and oxygen atoms in total. The molecule has 7 heteroatoms. The number of ketones is 1. The minimum atomic E-state index is -3.34. The van der Waals surface area contributed by atoms with Crippen molar-refractivity contribution in [2.75, 3.05) is 0 Å². The summed E-state index contributed by atoms with van der Waals surface area (Å²) >= 11 is 0. The average molecular weight is 348 g/mol. The predicted molar refractivity (Wildman–Crippen MR) is 78.7 cm³/mol. The minimum absolute atomic E-state index is 0.0930. The molecule has 0 radical (unpaired) electrons. The van der Waals surface area contributed by atoms with Crippen LogP contribution in [0.25, 0.3) is 0 Å². The van der Waals surface area contributed by atoms with Crippen molar-refractivity contribution in [1.82, 2.24) is 0 Å². The molecule has 1 saturated carbocycles. The number of alkyl halides is 4. The summed E-state index contributed by atoms with van der Waals surface area (Å²) in [6, 6.07) is 0. The lowest BCUT2D eigenvalue weighted by Crippen LogP contribution is -2.30. The molecule has 2 unspecified atom stereocenters. The van der Waals surface area contributed by atoms with Crippen LogP contribution in [0.2, 0.25) is 0 Å². The Hall–Kier alpha value is -1.66. The van der Waals surface area contributed by atoms with Crippen LogP contribution in [0.5, 0.6) is 0 Å². The number of carbonyl (C=O) groups is 2. The molecule has 0 aliphatic heterocycles. The van der Waals surface area contributed by atoms with E-state index in [2.05, 4.69) is 6.58 Å². The maximum Gasteiger partial charge on any atom is 0.311 e. The lowest BCUT2D eigenvalue weighted by atomic mass is 9.97. The Bertz CT molecular complexity index is 599. The second-order valence-electron chi connectivity index (χ2n) is 6.90. The first-order valence-electron chi connectivity index (χ1n) is 7.63. The first-order valence-corrected chi connectivity index (χ1v) is 7.63. The summed E-state index contributed by atoms with van der Waals surface area (Å²) in [6.45, 7) is 7.56. The van der Waals surface area contributed by atoms with Gasteiger partial charge >= 0.3 is 5.97 Å². The Morgan fingerprint density at radius 2 is 1.88 bits per heavy atom. The molecule has 24 heavy (non-hydrogen) atoms. The number of rotatable bonds is 6. The van der Waals surface area contributed by atoms with Gasteiger partial charge < -0.3 is 4.74 Å². The number of ether oxygens (including phenoxy) is 1. The van der Waals surface area contributed by atoms with E-state index in [1.165, 1.54) is 19.9 Å². The van der Waals surface area contributed by atoms with E-state index in [-0.39, 0.29) is 12.2 Å². The maximum absolute atomic E-state index is 13.3. The third-order valence-corrected chi connectivity index (χ3v) is 5.46. The largest absolute Gasteiger partial charge is 0.457 e. The fraction of sp³-hybridized carbons (Fsp3) is 0.647. The Labute approximate surface area is 137 Å². The highest BCUT2D eigenvalue weighted by Gasteiger charge is 2.84. The Balaban J connectivity index is 2.20. The molecule has 0 aromatic heterocycles. The molecule has 134 valence electrons. The van der Waals surface area contributed by atoms with Gasteiger partial charge in [0.15, 0.2) is 5.78 Å². The van der Waals surface area contributed by atoms with Crippen LogP contribution < -0.4 is 0 Å². The molecule has 0 amide bonds. The Morgan fingerprint density at radius 1 is 1.33 bits per heavy atom. The highest BCUT2D eigenvalue weighted by molar-refractivity contribution is 6.00. The lowest BCUT2D eigenvalue weighted by molar-refractivity contribution is -0.154. The molecule has 0 aromatic carbocycles. The maximum atomic E-state index is 13.3. The molecule has 2 atom stereocenters. The molecule has 0 heterocycles. The predicted octanol–water partition coefficient (Wildman–Crippen LogP) is 3.94. The molecule has 0 bridgehead atoms. The molecule has 0 spiro atoms. The molecule has 2 aliphatic rings. The summed E-state index contributed by atoms with van der Waals surface area (Å²) in [7, 11) is 0. The van der Waals surface area contributed by atoms with E-state index >= 15 is 0 Å². The molecule has 0 saturated heterocycles. The van der Waals surface area contributed by atoms with Gasteiger partial charge in [0, 0.05) is 5.57 Å². The van der Waals surface area contributed by atoms with Crippen molar-refractivity contribution in [1.29, 1.82) is 0 Å². The second kappa shape index (κ2) is 6.01. The fourth-order valence-corrected chi connectivity index (χ4v) is 3.85. The molecule has 2 rings (SSSR count). The van der Waals surface area contributed by atoms with Crippen molar-refractivity contribution in [3.8, 4) is 0 Å². The first kappa shape index (κ1) is 18.7. The van der Waals surface area contributed by atoms with Crippen molar-refractivity contribution in [3.63, 3.8) is 0 Å². The van der Waals surface area contributed by atoms with E-state index in [0.717, 1.165) is 0 Å². The standard InChI is InChI=1S/C17H20F4O3/c1-5-6-9-8(2)11(7-10(9)22)24-13(23)12-16(3,4)17(12,14(18)19)15(20)21/h5,11-12,14-15H,1,6-7H2,2-4H3. The van der Waals surface area contributed by atoms with Crippen LogP contribution in [0.15, 0.2) is 23.8 Å². The number of hydrogen-bond acceptors (Lipinski definition) is 3. The third kappa shape index (κ3) is 2.40. The summed E-state index contributed by atoms with van der Waals surface area (Å²) in [6.07, 6.45) is -5.82. The highest BCUT2D eigenvalue weighted by atomic mass is 19.3. The number of esters is 1. The monoisotopic (exact) mass is 348 g/mol. The Morgan fingerprint density at radius 3 is 2.29 bits per heavy atom. The van der Waals surface area contributed by atoms with Gasteiger partial charge in [-0.1, -0.05) is 19.9 Å². The smallest absolute Gasteiger partial charge is 0.311 e. The molecule has 0 aromatic rings. The van der Waals surface area contributed by atoms with E-state index in [4.69, 9.17) is 4.74 Å². The fourth-order valence-electron chi connectivity index (χ4n) is 3.85. The summed E-state index contributed by atoms with van der Waals surface area (Å²) < 4.78 is 58.3. The first-order chi connectivity index (χ1) is 11.0. The van der Waals surface area contributed by atoms with Gasteiger partial charge in [-0.15, -0.1) is 6.58 Å². The summed E-state index contributed by atoms with van der Waals surface area (Å²) in [5, 5.41) is 0. The molecular weight excluding hydrogens is 328 g/mol. The van der Waals surface area contributed by atoms with Crippen LogP contribution in [-0.2, 0) is 14.3 Å². The van der Waals surface area contributed by atoms with Crippen LogP contribution in [0.4, 0.5) is 17.6 Å². The summed E-state index contributed by atoms with van der Waals surface area (Å²) in [4.78, 5) is 24.2. The van der Waals surface area contributed by atoms with Gasteiger partial charge in [0.25, 0.3) is 12.9 Å². The number of allylic oxidation sites excluding steroid dienone is 2. The van der Waals surface area contributed by atoms with E-state index in [1.54, 1.807) is 6.92 Å². The third-order valence-electron chi connectivity index (χ3n) is 5.46. The van der Waals surface area contributed by atoms with Gasteiger partial charge in [-0.2, -0.15) is 0 Å². The number of halogens is 4. The number of Topliss-reactive ketones (excluding diaryl/α,β-unsaturated/α-hetero) is 1. The normalized spacial score (nSPS) is 27.8. The van der Waals surface area contributed by atoms with Crippen LogP contribution >= 0.6 is 0 Å². The number of hydrogen-bond donors (Lipinski definition) is 0. The van der Waals surface area contributed by atoms with Gasteiger partial charge in [-0.05, 0) is 24.3 Å². The van der Waals surface area contributed by atoms with Gasteiger partial charge in [-0.3, -0.25) is 9.59 Å². The number of carbonyl (C=O) groups excluding carboxylic acids is 2. The van der Waals surface area contributed by atoms with E-state index in [1.807, 2.05) is 0 Å². The Kier molecular flexibility index (Phi) is 4.67. The molecule has 1 fully saturated rings. The van der Waals surface area contributed by atoms with Crippen molar-refractivity contribution in [2.24, 2.45) is 16.7 Å². The lowest BCUT2D eigenvalue weighted by Gasteiger charge is -2.18. The van der Waals surface area contributed by atoms with Crippen molar-refractivity contribution < 1.29 is 31.9 Å². The van der Waals surface area contributed by atoms with Crippen LogP contribution in [-0.4, -0.2) is 30.7 Å². The van der Waals surface area contributed by atoms with Gasteiger partial charge in [0.2, 0.25) is 0 Å².